The molecule has 0 aliphatic carbocycles. The Bertz CT molecular complexity index is 393. The van der Waals surface area contributed by atoms with Crippen LogP contribution in [0.15, 0.2) is 18.3 Å². The van der Waals surface area contributed by atoms with Gasteiger partial charge in [-0.25, -0.2) is 9.78 Å². The van der Waals surface area contributed by atoms with Crippen LogP contribution in [-0.4, -0.2) is 36.8 Å². The van der Waals surface area contributed by atoms with Crippen LogP contribution in [0.4, 0.5) is 16.3 Å². The first-order valence-corrected chi connectivity index (χ1v) is 5.53. The van der Waals surface area contributed by atoms with Gasteiger partial charge in [0, 0.05) is 6.54 Å². The van der Waals surface area contributed by atoms with Crippen molar-refractivity contribution in [3.8, 4) is 0 Å². The van der Waals surface area contributed by atoms with Gasteiger partial charge >= 0.3 is 6.03 Å². The Morgan fingerprint density at radius 2 is 2.47 bits per heavy atom. The number of ether oxygens (including phenoxy) is 1. The summed E-state index contributed by atoms with van der Waals surface area (Å²) < 4.78 is 5.37. The van der Waals surface area contributed by atoms with Gasteiger partial charge in [-0.3, -0.25) is 0 Å². The molecule has 1 aromatic rings. The Labute approximate surface area is 99.8 Å². The molecular weight excluding hydrogens is 220 g/mol. The first kappa shape index (κ1) is 11.7. The molecule has 1 atom stereocenters. The summed E-state index contributed by atoms with van der Waals surface area (Å²) in [5, 5.41) is 2.48. The number of carbonyl (C=O) groups is 1. The molecule has 1 fully saturated rings. The summed E-state index contributed by atoms with van der Waals surface area (Å²) in [5.74, 6) is 0.885. The molecule has 2 amide bonds. The van der Waals surface area contributed by atoms with Gasteiger partial charge in [-0.15, -0.1) is 0 Å². The normalized spacial score (nSPS) is 20.1. The Balaban J connectivity index is 2.08. The third kappa shape index (κ3) is 2.85. The molecule has 2 rings (SSSR count). The second kappa shape index (κ2) is 5.01. The molecule has 6 heteroatoms. The molecule has 2 heterocycles. The van der Waals surface area contributed by atoms with Crippen LogP contribution in [0.1, 0.15) is 6.92 Å². The summed E-state index contributed by atoms with van der Waals surface area (Å²) in [6, 6.07) is 3.38. The van der Waals surface area contributed by atoms with Crippen LogP contribution in [0.3, 0.4) is 0 Å². The summed E-state index contributed by atoms with van der Waals surface area (Å²) >= 11 is 0. The molecule has 0 saturated carbocycles. The van der Waals surface area contributed by atoms with Gasteiger partial charge in [0.2, 0.25) is 0 Å². The number of anilines is 2. The van der Waals surface area contributed by atoms with Crippen LogP contribution >= 0.6 is 0 Å². The van der Waals surface area contributed by atoms with Crippen molar-refractivity contribution in [2.24, 2.45) is 5.73 Å². The fourth-order valence-electron chi connectivity index (χ4n) is 1.84. The summed E-state index contributed by atoms with van der Waals surface area (Å²) in [6.45, 7) is 4.35. The fraction of sp³-hybridized carbons (Fsp3) is 0.455. The summed E-state index contributed by atoms with van der Waals surface area (Å²) in [5.41, 5.74) is 5.62. The Morgan fingerprint density at radius 1 is 1.65 bits per heavy atom. The van der Waals surface area contributed by atoms with Crippen molar-refractivity contribution in [3.63, 3.8) is 0 Å². The number of nitrogens with zero attached hydrogens (tertiary/aromatic N) is 2. The molecule has 1 aliphatic heterocycles. The molecule has 0 spiro atoms. The van der Waals surface area contributed by atoms with Crippen LogP contribution in [0.25, 0.3) is 0 Å². The van der Waals surface area contributed by atoms with E-state index in [4.69, 9.17) is 10.5 Å². The van der Waals surface area contributed by atoms with Gasteiger partial charge in [0.15, 0.2) is 0 Å². The minimum Gasteiger partial charge on any atom is -0.377 e. The summed E-state index contributed by atoms with van der Waals surface area (Å²) in [4.78, 5) is 17.1. The van der Waals surface area contributed by atoms with Gasteiger partial charge in [-0.2, -0.15) is 0 Å². The maximum Gasteiger partial charge on any atom is 0.316 e. The third-order valence-electron chi connectivity index (χ3n) is 2.68. The van der Waals surface area contributed by atoms with Gasteiger partial charge < -0.3 is 20.7 Å². The first-order valence-electron chi connectivity index (χ1n) is 5.53. The number of hydrogen-bond donors (Lipinski definition) is 2. The summed E-state index contributed by atoms with van der Waals surface area (Å²) in [6.07, 6.45) is 1.60. The predicted molar refractivity (Wildman–Crippen MR) is 65.1 cm³/mol. The number of nitrogens with two attached hydrogens (primary N) is 1. The number of primary amides is 1. The zero-order valence-electron chi connectivity index (χ0n) is 9.72. The van der Waals surface area contributed by atoms with Crippen LogP contribution in [0.2, 0.25) is 0 Å². The van der Waals surface area contributed by atoms with Gasteiger partial charge in [-0.1, -0.05) is 0 Å². The van der Waals surface area contributed by atoms with Crippen molar-refractivity contribution in [2.75, 3.05) is 30.0 Å². The Morgan fingerprint density at radius 3 is 3.06 bits per heavy atom. The van der Waals surface area contributed by atoms with Gasteiger partial charge in [0.25, 0.3) is 0 Å². The van der Waals surface area contributed by atoms with Crippen molar-refractivity contribution >= 4 is 17.5 Å². The third-order valence-corrected chi connectivity index (χ3v) is 2.68. The smallest absolute Gasteiger partial charge is 0.316 e. The SMILES string of the molecule is C[C@@H]1COCCN1c1ccc(NC(N)=O)cn1. The molecule has 3 N–H and O–H groups in total. The van der Waals surface area contributed by atoms with Crippen molar-refractivity contribution in [1.29, 1.82) is 0 Å². The zero-order chi connectivity index (χ0) is 12.3. The molecule has 17 heavy (non-hydrogen) atoms. The number of rotatable bonds is 2. The van der Waals surface area contributed by atoms with Gasteiger partial charge in [0.1, 0.15) is 5.82 Å². The highest BCUT2D eigenvalue weighted by Crippen LogP contribution is 2.18. The minimum atomic E-state index is -0.584. The van der Waals surface area contributed by atoms with Gasteiger partial charge in [-0.05, 0) is 19.1 Å². The number of hydrogen-bond acceptors (Lipinski definition) is 4. The Kier molecular flexibility index (Phi) is 3.43. The first-order chi connectivity index (χ1) is 8.16. The molecule has 0 aromatic carbocycles. The summed E-state index contributed by atoms with van der Waals surface area (Å²) in [7, 11) is 0. The lowest BCUT2D eigenvalue weighted by Crippen LogP contribution is -2.44. The molecule has 0 unspecified atom stereocenters. The standard InChI is InChI=1S/C11H16N4O2/c1-8-7-17-5-4-15(8)10-3-2-9(6-13-10)14-11(12)16/h2-3,6,8H,4-5,7H2,1H3,(H3,12,14,16)/t8-/m1/s1. The van der Waals surface area contributed by atoms with Crippen LogP contribution < -0.4 is 16.0 Å². The zero-order valence-corrected chi connectivity index (χ0v) is 9.72. The monoisotopic (exact) mass is 236 g/mol. The van der Waals surface area contributed by atoms with Crippen LogP contribution in [0.5, 0.6) is 0 Å². The van der Waals surface area contributed by atoms with Crippen LogP contribution in [0, 0.1) is 0 Å². The lowest BCUT2D eigenvalue weighted by atomic mass is 10.2. The van der Waals surface area contributed by atoms with Crippen LogP contribution in [-0.2, 0) is 4.74 Å². The predicted octanol–water partition coefficient (Wildman–Crippen LogP) is 0.797. The molecular formula is C11H16N4O2. The topological polar surface area (TPSA) is 80.5 Å². The highest BCUT2D eigenvalue weighted by molar-refractivity contribution is 5.87. The minimum absolute atomic E-state index is 0.311. The van der Waals surface area contributed by atoms with E-state index in [0.29, 0.717) is 24.9 Å². The van der Waals surface area contributed by atoms with E-state index in [1.54, 1.807) is 12.3 Å². The van der Waals surface area contributed by atoms with Crippen molar-refractivity contribution in [3.05, 3.63) is 18.3 Å². The maximum atomic E-state index is 10.7. The lowest BCUT2D eigenvalue weighted by molar-refractivity contribution is 0.0985. The number of pyridine rings is 1. The molecule has 1 aromatic heterocycles. The highest BCUT2D eigenvalue weighted by Gasteiger charge is 2.19. The molecule has 1 saturated heterocycles. The molecule has 1 aliphatic rings. The molecule has 92 valence electrons. The van der Waals surface area contributed by atoms with Crippen molar-refractivity contribution < 1.29 is 9.53 Å². The van der Waals surface area contributed by atoms with Gasteiger partial charge in [0.05, 0.1) is 31.1 Å². The maximum absolute atomic E-state index is 10.7. The van der Waals surface area contributed by atoms with E-state index in [0.717, 1.165) is 12.4 Å². The van der Waals surface area contributed by atoms with E-state index >= 15 is 0 Å². The second-order valence-electron chi connectivity index (χ2n) is 4.01. The largest absolute Gasteiger partial charge is 0.377 e. The average Bonchev–Trinajstić information content (AvgIpc) is 2.30. The van der Waals surface area contributed by atoms with E-state index in [2.05, 4.69) is 22.1 Å². The number of carbonyl (C=O) groups excluding carboxylic acids is 1. The number of amides is 2. The fourth-order valence-corrected chi connectivity index (χ4v) is 1.84. The van der Waals surface area contributed by atoms with E-state index in [1.807, 2.05) is 6.07 Å². The van der Waals surface area contributed by atoms with Crippen molar-refractivity contribution in [1.82, 2.24) is 4.98 Å². The lowest BCUT2D eigenvalue weighted by Gasteiger charge is -2.34. The van der Waals surface area contributed by atoms with E-state index in [9.17, 15) is 4.79 Å². The molecule has 0 bridgehead atoms. The van der Waals surface area contributed by atoms with E-state index < -0.39 is 6.03 Å². The number of aromatic nitrogens is 1. The van der Waals surface area contributed by atoms with E-state index in [-0.39, 0.29) is 0 Å². The Hall–Kier alpha value is -1.82. The highest BCUT2D eigenvalue weighted by atomic mass is 16.5. The number of urea groups is 1. The number of nitrogens with one attached hydrogen (secondary N) is 1. The van der Waals surface area contributed by atoms with Crippen molar-refractivity contribution in [2.45, 2.75) is 13.0 Å². The second-order valence-corrected chi connectivity index (χ2v) is 4.01. The molecule has 0 radical (unpaired) electrons. The molecule has 6 nitrogen and oxygen atoms in total. The number of morpholine rings is 1. The van der Waals surface area contributed by atoms with E-state index in [1.165, 1.54) is 0 Å². The quantitative estimate of drug-likeness (QED) is 0.795. The average molecular weight is 236 g/mol.